The SMILES string of the molecule is CC(C)(C)C(=O)N(C1CCCCC1)C1CCCCC1. The zero-order valence-corrected chi connectivity index (χ0v) is 13.1. The highest BCUT2D eigenvalue weighted by molar-refractivity contribution is 5.82. The van der Waals surface area contributed by atoms with E-state index in [0.29, 0.717) is 18.0 Å². The maximum Gasteiger partial charge on any atom is 0.228 e. The lowest BCUT2D eigenvalue weighted by Gasteiger charge is -2.44. The molecule has 2 aliphatic rings. The largest absolute Gasteiger partial charge is 0.336 e. The van der Waals surface area contributed by atoms with E-state index < -0.39 is 0 Å². The molecule has 0 atom stereocenters. The van der Waals surface area contributed by atoms with E-state index in [2.05, 4.69) is 25.7 Å². The zero-order valence-electron chi connectivity index (χ0n) is 13.1. The molecular formula is C17H31NO. The Balaban J connectivity index is 2.13. The number of carbonyl (C=O) groups excluding carboxylic acids is 1. The maximum atomic E-state index is 12.9. The molecule has 1 amide bonds. The van der Waals surface area contributed by atoms with Gasteiger partial charge in [0, 0.05) is 17.5 Å². The van der Waals surface area contributed by atoms with Gasteiger partial charge in [0.05, 0.1) is 0 Å². The Labute approximate surface area is 118 Å². The van der Waals surface area contributed by atoms with Crippen LogP contribution in [0.4, 0.5) is 0 Å². The summed E-state index contributed by atoms with van der Waals surface area (Å²) in [7, 11) is 0. The molecular weight excluding hydrogens is 234 g/mol. The lowest BCUT2D eigenvalue weighted by atomic mass is 9.85. The van der Waals surface area contributed by atoms with Crippen molar-refractivity contribution in [2.75, 3.05) is 0 Å². The zero-order chi connectivity index (χ0) is 13.9. The van der Waals surface area contributed by atoms with Gasteiger partial charge in [0.25, 0.3) is 0 Å². The topological polar surface area (TPSA) is 20.3 Å². The van der Waals surface area contributed by atoms with Crippen molar-refractivity contribution in [2.24, 2.45) is 5.41 Å². The molecule has 2 saturated carbocycles. The van der Waals surface area contributed by atoms with Crippen molar-refractivity contribution in [3.05, 3.63) is 0 Å². The number of rotatable bonds is 2. The second-order valence-corrected chi connectivity index (χ2v) is 7.55. The lowest BCUT2D eigenvalue weighted by Crippen LogP contribution is -2.52. The summed E-state index contributed by atoms with van der Waals surface area (Å²) in [6.45, 7) is 6.23. The van der Waals surface area contributed by atoms with Gasteiger partial charge in [-0.3, -0.25) is 4.79 Å². The molecule has 2 aliphatic carbocycles. The Morgan fingerprint density at radius 1 is 0.789 bits per heavy atom. The van der Waals surface area contributed by atoms with Crippen LogP contribution in [-0.2, 0) is 4.79 Å². The minimum Gasteiger partial charge on any atom is -0.336 e. The first-order chi connectivity index (χ1) is 9.00. The Hall–Kier alpha value is -0.530. The third-order valence-corrected chi connectivity index (χ3v) is 4.81. The molecule has 0 aromatic heterocycles. The Bertz CT molecular complexity index is 275. The molecule has 2 heteroatoms. The second kappa shape index (κ2) is 6.28. The standard InChI is InChI=1S/C17H31NO/c1-17(2,3)16(19)18(14-10-6-4-7-11-14)15-12-8-5-9-13-15/h14-15H,4-13H2,1-3H3. The van der Waals surface area contributed by atoms with Crippen molar-refractivity contribution in [1.82, 2.24) is 4.90 Å². The molecule has 0 aromatic carbocycles. The molecule has 0 heterocycles. The molecule has 2 nitrogen and oxygen atoms in total. The van der Waals surface area contributed by atoms with Gasteiger partial charge >= 0.3 is 0 Å². The summed E-state index contributed by atoms with van der Waals surface area (Å²) in [5, 5.41) is 0. The lowest BCUT2D eigenvalue weighted by molar-refractivity contribution is -0.146. The minimum atomic E-state index is -0.227. The summed E-state index contributed by atoms with van der Waals surface area (Å²) < 4.78 is 0. The molecule has 0 unspecified atom stereocenters. The highest BCUT2D eigenvalue weighted by atomic mass is 16.2. The van der Waals surface area contributed by atoms with E-state index in [9.17, 15) is 4.79 Å². The van der Waals surface area contributed by atoms with Gasteiger partial charge in [-0.05, 0) is 25.7 Å². The smallest absolute Gasteiger partial charge is 0.228 e. The van der Waals surface area contributed by atoms with Crippen LogP contribution < -0.4 is 0 Å². The maximum absolute atomic E-state index is 12.9. The average Bonchev–Trinajstić information content (AvgIpc) is 2.40. The number of carbonyl (C=O) groups is 1. The van der Waals surface area contributed by atoms with Gasteiger partial charge in [0.2, 0.25) is 5.91 Å². The Morgan fingerprint density at radius 3 is 1.47 bits per heavy atom. The van der Waals surface area contributed by atoms with Crippen molar-refractivity contribution in [3.8, 4) is 0 Å². The third-order valence-electron chi connectivity index (χ3n) is 4.81. The van der Waals surface area contributed by atoms with Crippen LogP contribution in [0.25, 0.3) is 0 Å². The summed E-state index contributed by atoms with van der Waals surface area (Å²) in [6, 6.07) is 1.06. The Kier molecular flexibility index (Phi) is 4.92. The molecule has 0 spiro atoms. The Morgan fingerprint density at radius 2 is 1.16 bits per heavy atom. The van der Waals surface area contributed by atoms with Crippen LogP contribution in [0.2, 0.25) is 0 Å². The van der Waals surface area contributed by atoms with Crippen LogP contribution >= 0.6 is 0 Å². The average molecular weight is 265 g/mol. The summed E-state index contributed by atoms with van der Waals surface area (Å²) in [4.78, 5) is 15.2. The first-order valence-electron chi connectivity index (χ1n) is 8.33. The summed E-state index contributed by atoms with van der Waals surface area (Å²) in [5.74, 6) is 0.395. The summed E-state index contributed by atoms with van der Waals surface area (Å²) >= 11 is 0. The van der Waals surface area contributed by atoms with Crippen molar-refractivity contribution in [1.29, 1.82) is 0 Å². The highest BCUT2D eigenvalue weighted by Gasteiger charge is 2.37. The minimum absolute atomic E-state index is 0.227. The molecule has 0 radical (unpaired) electrons. The van der Waals surface area contributed by atoms with Crippen LogP contribution in [0.1, 0.15) is 85.0 Å². The molecule has 0 aromatic rings. The van der Waals surface area contributed by atoms with E-state index in [1.165, 1.54) is 64.2 Å². The van der Waals surface area contributed by atoms with Crippen LogP contribution in [0, 0.1) is 5.41 Å². The molecule has 2 fully saturated rings. The van der Waals surface area contributed by atoms with Crippen molar-refractivity contribution < 1.29 is 4.79 Å². The van der Waals surface area contributed by atoms with Gasteiger partial charge in [0.1, 0.15) is 0 Å². The second-order valence-electron chi connectivity index (χ2n) is 7.55. The van der Waals surface area contributed by atoms with Crippen molar-refractivity contribution in [3.63, 3.8) is 0 Å². The molecule has 110 valence electrons. The van der Waals surface area contributed by atoms with Gasteiger partial charge in [0.15, 0.2) is 0 Å². The van der Waals surface area contributed by atoms with Gasteiger partial charge in [-0.15, -0.1) is 0 Å². The number of hydrogen-bond donors (Lipinski definition) is 0. The predicted molar refractivity (Wildman–Crippen MR) is 80.0 cm³/mol. The fourth-order valence-corrected chi connectivity index (χ4v) is 3.74. The number of nitrogens with zero attached hydrogens (tertiary/aromatic N) is 1. The predicted octanol–water partition coefficient (Wildman–Crippen LogP) is 4.53. The van der Waals surface area contributed by atoms with Gasteiger partial charge < -0.3 is 4.90 Å². The first kappa shape index (κ1) is 14.9. The fourth-order valence-electron chi connectivity index (χ4n) is 3.74. The van der Waals surface area contributed by atoms with E-state index in [1.807, 2.05) is 0 Å². The van der Waals surface area contributed by atoms with Gasteiger partial charge in [-0.2, -0.15) is 0 Å². The van der Waals surface area contributed by atoms with Gasteiger partial charge in [-0.25, -0.2) is 0 Å². The molecule has 19 heavy (non-hydrogen) atoms. The summed E-state index contributed by atoms with van der Waals surface area (Å²) in [5.41, 5.74) is -0.227. The van der Waals surface area contributed by atoms with Crippen LogP contribution in [0.5, 0.6) is 0 Å². The van der Waals surface area contributed by atoms with E-state index >= 15 is 0 Å². The molecule has 0 saturated heterocycles. The molecule has 0 bridgehead atoms. The molecule has 2 rings (SSSR count). The molecule has 0 aliphatic heterocycles. The number of amides is 1. The molecule has 0 N–H and O–H groups in total. The normalized spacial score (nSPS) is 23.3. The van der Waals surface area contributed by atoms with Crippen molar-refractivity contribution in [2.45, 2.75) is 97.1 Å². The highest BCUT2D eigenvalue weighted by Crippen LogP contribution is 2.33. The first-order valence-corrected chi connectivity index (χ1v) is 8.33. The van der Waals surface area contributed by atoms with E-state index in [0.717, 1.165) is 0 Å². The third kappa shape index (κ3) is 3.73. The van der Waals surface area contributed by atoms with E-state index in [4.69, 9.17) is 0 Å². The quantitative estimate of drug-likeness (QED) is 0.718. The van der Waals surface area contributed by atoms with Crippen LogP contribution in [0.15, 0.2) is 0 Å². The summed E-state index contributed by atoms with van der Waals surface area (Å²) in [6.07, 6.45) is 12.9. The van der Waals surface area contributed by atoms with Crippen molar-refractivity contribution >= 4 is 5.91 Å². The number of hydrogen-bond acceptors (Lipinski definition) is 1. The van der Waals surface area contributed by atoms with Gasteiger partial charge in [-0.1, -0.05) is 59.3 Å². The monoisotopic (exact) mass is 265 g/mol. The van der Waals surface area contributed by atoms with Crippen LogP contribution in [-0.4, -0.2) is 22.9 Å². The van der Waals surface area contributed by atoms with E-state index in [1.54, 1.807) is 0 Å². The van der Waals surface area contributed by atoms with E-state index in [-0.39, 0.29) is 5.41 Å². The van der Waals surface area contributed by atoms with Crippen LogP contribution in [0.3, 0.4) is 0 Å². The fraction of sp³-hybridized carbons (Fsp3) is 0.941.